The Kier molecular flexibility index (Phi) is 4.49. The number of nitrogens with two attached hydrogens (primary N) is 1. The number of carbonyl (C=O) groups is 2. The van der Waals surface area contributed by atoms with E-state index in [1.807, 2.05) is 0 Å². The van der Waals surface area contributed by atoms with Crippen LogP contribution in [0.1, 0.15) is 19.3 Å². The fourth-order valence-electron chi connectivity index (χ4n) is 0.553. The van der Waals surface area contributed by atoms with Crippen molar-refractivity contribution in [1.82, 2.24) is 0 Å². The maximum Gasteiger partial charge on any atom is 0.217 e. The number of rotatable bonds is 5. The molecule has 4 heteroatoms. The smallest absolute Gasteiger partial charge is 0.217 e. The van der Waals surface area contributed by atoms with Crippen molar-refractivity contribution in [2.75, 3.05) is 0 Å². The summed E-state index contributed by atoms with van der Waals surface area (Å²) in [7, 11) is 0. The Balaban J connectivity index is 3.19. The molecule has 0 bridgehead atoms. The highest BCUT2D eigenvalue weighted by Crippen LogP contribution is 1.97. The molecule has 58 valence electrons. The zero-order valence-corrected chi connectivity index (χ0v) is 5.62. The van der Waals surface area contributed by atoms with Gasteiger partial charge in [-0.3, -0.25) is 4.79 Å². The normalized spacial score (nSPS) is 12.5. The molecule has 0 spiro atoms. The van der Waals surface area contributed by atoms with E-state index in [1.54, 1.807) is 0 Å². The van der Waals surface area contributed by atoms with Crippen LogP contribution in [-0.2, 0) is 9.59 Å². The van der Waals surface area contributed by atoms with Crippen molar-refractivity contribution in [2.24, 2.45) is 5.73 Å². The Labute approximate surface area is 59.0 Å². The lowest BCUT2D eigenvalue weighted by atomic mass is 10.2. The number of hydrogen-bond donors (Lipinski definition) is 2. The molecule has 0 aliphatic rings. The van der Waals surface area contributed by atoms with Crippen LogP contribution >= 0.6 is 0 Å². The van der Waals surface area contributed by atoms with Crippen LogP contribution in [0.25, 0.3) is 0 Å². The van der Waals surface area contributed by atoms with Crippen molar-refractivity contribution in [3.05, 3.63) is 0 Å². The molecule has 1 unspecified atom stereocenters. The first kappa shape index (κ1) is 9.10. The summed E-state index contributed by atoms with van der Waals surface area (Å²) in [6.07, 6.45) is 0.507. The van der Waals surface area contributed by atoms with E-state index in [9.17, 15) is 9.59 Å². The summed E-state index contributed by atoms with van der Waals surface area (Å²) in [5.41, 5.74) is 4.81. The maximum atomic E-state index is 10.1. The largest absolute Gasteiger partial charge is 0.386 e. The molecule has 0 heterocycles. The van der Waals surface area contributed by atoms with Crippen LogP contribution in [0.4, 0.5) is 0 Å². The molecule has 3 N–H and O–H groups in total. The predicted molar refractivity (Wildman–Crippen MR) is 35.1 cm³/mol. The summed E-state index contributed by atoms with van der Waals surface area (Å²) in [5.74, 6) is -0.405. The topological polar surface area (TPSA) is 80.4 Å². The molecule has 0 aromatic heterocycles. The number of amides is 1. The highest BCUT2D eigenvalue weighted by molar-refractivity contribution is 5.73. The van der Waals surface area contributed by atoms with E-state index in [-0.39, 0.29) is 6.42 Å². The van der Waals surface area contributed by atoms with E-state index in [4.69, 9.17) is 10.8 Å². The van der Waals surface area contributed by atoms with Gasteiger partial charge in [-0.05, 0) is 12.8 Å². The quantitative estimate of drug-likeness (QED) is 0.497. The van der Waals surface area contributed by atoms with Gasteiger partial charge in [-0.15, -0.1) is 0 Å². The van der Waals surface area contributed by atoms with Gasteiger partial charge < -0.3 is 15.6 Å². The molecule has 0 aliphatic carbocycles. The van der Waals surface area contributed by atoms with Gasteiger partial charge in [0.2, 0.25) is 5.91 Å². The molecule has 1 atom stereocenters. The van der Waals surface area contributed by atoms with Gasteiger partial charge >= 0.3 is 0 Å². The highest BCUT2D eigenvalue weighted by Gasteiger charge is 2.01. The third-order valence-corrected chi connectivity index (χ3v) is 1.08. The second-order valence-electron chi connectivity index (χ2n) is 2.06. The summed E-state index contributed by atoms with van der Waals surface area (Å²) in [6.45, 7) is 0. The third-order valence-electron chi connectivity index (χ3n) is 1.08. The molecular formula is C6H11NO3. The van der Waals surface area contributed by atoms with Crippen LogP contribution < -0.4 is 5.73 Å². The van der Waals surface area contributed by atoms with Gasteiger partial charge in [-0.2, -0.15) is 0 Å². The molecular weight excluding hydrogens is 134 g/mol. The first-order chi connectivity index (χ1) is 4.66. The van der Waals surface area contributed by atoms with E-state index in [0.29, 0.717) is 19.1 Å². The summed E-state index contributed by atoms with van der Waals surface area (Å²) < 4.78 is 0. The summed E-state index contributed by atoms with van der Waals surface area (Å²) in [6, 6.07) is 0. The van der Waals surface area contributed by atoms with Gasteiger partial charge in [0.05, 0.1) is 0 Å². The van der Waals surface area contributed by atoms with E-state index in [0.717, 1.165) is 0 Å². The molecule has 0 fully saturated rings. The van der Waals surface area contributed by atoms with E-state index >= 15 is 0 Å². The Morgan fingerprint density at radius 1 is 1.70 bits per heavy atom. The predicted octanol–water partition coefficient (Wildman–Crippen LogP) is -0.798. The van der Waals surface area contributed by atoms with Gasteiger partial charge in [-0.1, -0.05) is 0 Å². The SMILES string of the molecule is NC(=O)CCCC(O)C=O. The summed E-state index contributed by atoms with van der Waals surface area (Å²) in [5, 5.41) is 8.65. The maximum absolute atomic E-state index is 10.1. The van der Waals surface area contributed by atoms with Crippen molar-refractivity contribution in [3.63, 3.8) is 0 Å². The minimum atomic E-state index is -0.945. The third kappa shape index (κ3) is 5.24. The van der Waals surface area contributed by atoms with Gasteiger partial charge in [0.1, 0.15) is 12.4 Å². The molecule has 0 aliphatic heterocycles. The number of carbonyl (C=O) groups excluding carboxylic acids is 2. The Bertz CT molecular complexity index is 124. The molecule has 0 saturated heterocycles. The van der Waals surface area contributed by atoms with Crippen molar-refractivity contribution in [1.29, 1.82) is 0 Å². The van der Waals surface area contributed by atoms with Crippen molar-refractivity contribution >= 4 is 12.2 Å². The monoisotopic (exact) mass is 145 g/mol. The lowest BCUT2D eigenvalue weighted by molar-refractivity contribution is -0.119. The van der Waals surface area contributed by atoms with Crippen LogP contribution in [0.5, 0.6) is 0 Å². The Morgan fingerprint density at radius 3 is 2.70 bits per heavy atom. The van der Waals surface area contributed by atoms with E-state index in [1.165, 1.54) is 0 Å². The van der Waals surface area contributed by atoms with Crippen molar-refractivity contribution < 1.29 is 14.7 Å². The number of aldehydes is 1. The number of hydrogen-bond acceptors (Lipinski definition) is 3. The van der Waals surface area contributed by atoms with Crippen LogP contribution in [0.2, 0.25) is 0 Å². The average Bonchev–Trinajstić information content (AvgIpc) is 1.87. The lowest BCUT2D eigenvalue weighted by Gasteiger charge is -1.98. The van der Waals surface area contributed by atoms with Crippen LogP contribution in [0, 0.1) is 0 Å². The van der Waals surface area contributed by atoms with E-state index < -0.39 is 12.0 Å². The highest BCUT2D eigenvalue weighted by atomic mass is 16.3. The number of aliphatic hydroxyl groups is 1. The number of aliphatic hydroxyl groups excluding tert-OH is 1. The minimum absolute atomic E-state index is 0.227. The molecule has 10 heavy (non-hydrogen) atoms. The van der Waals surface area contributed by atoms with Gasteiger partial charge in [0.15, 0.2) is 0 Å². The molecule has 0 saturated carbocycles. The van der Waals surface area contributed by atoms with Gasteiger partial charge in [-0.25, -0.2) is 0 Å². The van der Waals surface area contributed by atoms with Crippen LogP contribution in [0.3, 0.4) is 0 Å². The fourth-order valence-corrected chi connectivity index (χ4v) is 0.553. The van der Waals surface area contributed by atoms with Gasteiger partial charge in [0.25, 0.3) is 0 Å². The Hall–Kier alpha value is -0.900. The zero-order chi connectivity index (χ0) is 7.98. The second kappa shape index (κ2) is 4.93. The molecule has 0 rings (SSSR count). The van der Waals surface area contributed by atoms with Gasteiger partial charge in [0, 0.05) is 6.42 Å². The summed E-state index contributed by atoms with van der Waals surface area (Å²) in [4.78, 5) is 19.9. The molecule has 0 aromatic carbocycles. The molecule has 1 amide bonds. The molecule has 4 nitrogen and oxygen atoms in total. The minimum Gasteiger partial charge on any atom is -0.386 e. The fraction of sp³-hybridized carbons (Fsp3) is 0.667. The van der Waals surface area contributed by atoms with Crippen LogP contribution in [-0.4, -0.2) is 23.4 Å². The first-order valence-electron chi connectivity index (χ1n) is 3.08. The zero-order valence-electron chi connectivity index (χ0n) is 5.62. The molecule has 0 radical (unpaired) electrons. The van der Waals surface area contributed by atoms with Crippen molar-refractivity contribution in [3.8, 4) is 0 Å². The van der Waals surface area contributed by atoms with Crippen molar-refractivity contribution in [2.45, 2.75) is 25.4 Å². The Morgan fingerprint density at radius 2 is 2.30 bits per heavy atom. The van der Waals surface area contributed by atoms with Crippen LogP contribution in [0.15, 0.2) is 0 Å². The van der Waals surface area contributed by atoms with E-state index in [2.05, 4.69) is 0 Å². The molecule has 0 aromatic rings. The standard InChI is InChI=1S/C6H11NO3/c7-6(10)3-1-2-5(9)4-8/h4-5,9H,1-3H2,(H2,7,10). The average molecular weight is 145 g/mol. The second-order valence-corrected chi connectivity index (χ2v) is 2.06. The lowest BCUT2D eigenvalue weighted by Crippen LogP contribution is -2.13. The summed E-state index contributed by atoms with van der Waals surface area (Å²) >= 11 is 0. The first-order valence-corrected chi connectivity index (χ1v) is 3.08. The number of primary amides is 1.